The van der Waals surface area contributed by atoms with E-state index in [9.17, 15) is 4.79 Å². The number of fused-ring (bicyclic) bond motifs is 1. The molecule has 1 aliphatic rings. The molecule has 3 rings (SSSR count). The van der Waals surface area contributed by atoms with Crippen LogP contribution in [0.5, 0.6) is 0 Å². The van der Waals surface area contributed by atoms with Gasteiger partial charge in [0, 0.05) is 9.35 Å². The fourth-order valence-corrected chi connectivity index (χ4v) is 4.02. The Kier molecular flexibility index (Phi) is 3.94. The third-order valence-corrected chi connectivity index (χ3v) is 5.52. The van der Waals surface area contributed by atoms with Crippen LogP contribution in [0.4, 0.5) is 5.69 Å². The number of anilines is 1. The van der Waals surface area contributed by atoms with E-state index in [1.165, 1.54) is 23.3 Å². The van der Waals surface area contributed by atoms with E-state index in [-0.39, 0.29) is 5.91 Å². The van der Waals surface area contributed by atoms with Crippen LogP contribution in [0.1, 0.15) is 38.5 Å². The number of hydrogen-bond acceptors (Lipinski definition) is 2. The third kappa shape index (κ3) is 2.81. The Bertz CT molecular complexity index is 639. The van der Waals surface area contributed by atoms with Gasteiger partial charge in [0.1, 0.15) is 0 Å². The number of carbonyl (C=O) groups excluding carboxylic acids is 1. The standard InChI is InChI=1S/C16H16BrNOS/c1-10-6-7-12(17)13(8-10)18-16(19)15-9-11-4-2-3-5-14(11)20-15/h6-9H,2-5H2,1H3,(H,18,19). The number of carbonyl (C=O) groups is 1. The van der Waals surface area contributed by atoms with Crippen LogP contribution in [0.25, 0.3) is 0 Å². The summed E-state index contributed by atoms with van der Waals surface area (Å²) in [5.74, 6) is -0.00398. The predicted molar refractivity (Wildman–Crippen MR) is 87.8 cm³/mol. The molecular weight excluding hydrogens is 334 g/mol. The second-order valence-electron chi connectivity index (χ2n) is 5.20. The fraction of sp³-hybridized carbons (Fsp3) is 0.312. The Morgan fingerprint density at radius 1 is 1.25 bits per heavy atom. The largest absolute Gasteiger partial charge is 0.320 e. The molecule has 0 spiro atoms. The third-order valence-electron chi connectivity index (χ3n) is 3.59. The Morgan fingerprint density at radius 3 is 2.85 bits per heavy atom. The summed E-state index contributed by atoms with van der Waals surface area (Å²) < 4.78 is 0.915. The smallest absolute Gasteiger partial charge is 0.265 e. The summed E-state index contributed by atoms with van der Waals surface area (Å²) in [6.45, 7) is 2.02. The number of amides is 1. The predicted octanol–water partition coefficient (Wildman–Crippen LogP) is 4.95. The topological polar surface area (TPSA) is 29.1 Å². The molecule has 0 radical (unpaired) electrons. The summed E-state index contributed by atoms with van der Waals surface area (Å²) in [6, 6.07) is 8.03. The van der Waals surface area contributed by atoms with Gasteiger partial charge >= 0.3 is 0 Å². The summed E-state index contributed by atoms with van der Waals surface area (Å²) in [5, 5.41) is 3.00. The molecule has 20 heavy (non-hydrogen) atoms. The lowest BCUT2D eigenvalue weighted by Crippen LogP contribution is -2.10. The van der Waals surface area contributed by atoms with Gasteiger partial charge in [0.05, 0.1) is 10.6 Å². The first-order valence-electron chi connectivity index (χ1n) is 6.82. The van der Waals surface area contributed by atoms with Crippen LogP contribution in [0.2, 0.25) is 0 Å². The highest BCUT2D eigenvalue weighted by atomic mass is 79.9. The van der Waals surface area contributed by atoms with Crippen molar-refractivity contribution in [3.05, 3.63) is 49.6 Å². The molecule has 2 aromatic rings. The molecule has 1 N–H and O–H groups in total. The Labute approximate surface area is 131 Å². The van der Waals surface area contributed by atoms with Crippen LogP contribution in [0.15, 0.2) is 28.7 Å². The highest BCUT2D eigenvalue weighted by molar-refractivity contribution is 9.10. The van der Waals surface area contributed by atoms with Crippen LogP contribution in [-0.4, -0.2) is 5.91 Å². The number of halogens is 1. The molecule has 1 aliphatic carbocycles. The van der Waals surface area contributed by atoms with Crippen LogP contribution in [0.3, 0.4) is 0 Å². The minimum absolute atomic E-state index is 0.00398. The molecule has 0 unspecified atom stereocenters. The zero-order valence-corrected chi connectivity index (χ0v) is 13.7. The molecule has 104 valence electrons. The van der Waals surface area contributed by atoms with Crippen molar-refractivity contribution in [1.82, 2.24) is 0 Å². The van der Waals surface area contributed by atoms with Gasteiger partial charge in [-0.2, -0.15) is 0 Å². The molecule has 2 nitrogen and oxygen atoms in total. The first-order chi connectivity index (χ1) is 9.63. The lowest BCUT2D eigenvalue weighted by atomic mass is 9.99. The van der Waals surface area contributed by atoms with E-state index >= 15 is 0 Å². The molecule has 0 aliphatic heterocycles. The van der Waals surface area contributed by atoms with Crippen LogP contribution >= 0.6 is 27.3 Å². The van der Waals surface area contributed by atoms with Gasteiger partial charge in [-0.25, -0.2) is 0 Å². The summed E-state index contributed by atoms with van der Waals surface area (Å²) in [4.78, 5) is 14.6. The highest BCUT2D eigenvalue weighted by Crippen LogP contribution is 2.31. The van der Waals surface area contributed by atoms with Crippen molar-refractivity contribution >= 4 is 38.9 Å². The molecule has 0 saturated carbocycles. The zero-order chi connectivity index (χ0) is 14.1. The summed E-state index contributed by atoms with van der Waals surface area (Å²) in [5.41, 5.74) is 3.34. The maximum Gasteiger partial charge on any atom is 0.265 e. The molecule has 1 heterocycles. The SMILES string of the molecule is Cc1ccc(Br)c(NC(=O)c2cc3c(s2)CCCC3)c1. The highest BCUT2D eigenvalue weighted by Gasteiger charge is 2.17. The van der Waals surface area contributed by atoms with Crippen LogP contribution < -0.4 is 5.32 Å². The maximum atomic E-state index is 12.4. The zero-order valence-electron chi connectivity index (χ0n) is 11.3. The van der Waals surface area contributed by atoms with Crippen molar-refractivity contribution in [2.75, 3.05) is 5.32 Å². The number of rotatable bonds is 2. The Morgan fingerprint density at radius 2 is 2.05 bits per heavy atom. The van der Waals surface area contributed by atoms with Gasteiger partial charge in [-0.3, -0.25) is 4.79 Å². The van der Waals surface area contributed by atoms with Gasteiger partial charge in [0.15, 0.2) is 0 Å². The van der Waals surface area contributed by atoms with Crippen LogP contribution in [-0.2, 0) is 12.8 Å². The number of nitrogens with one attached hydrogen (secondary N) is 1. The van der Waals surface area contributed by atoms with Crippen molar-refractivity contribution in [2.45, 2.75) is 32.6 Å². The molecular formula is C16H16BrNOS. The Hall–Kier alpha value is -1.13. The molecule has 0 atom stereocenters. The minimum Gasteiger partial charge on any atom is -0.320 e. The molecule has 1 amide bonds. The first kappa shape index (κ1) is 13.8. The molecule has 1 aromatic carbocycles. The second kappa shape index (κ2) is 5.70. The molecule has 0 saturated heterocycles. The number of hydrogen-bond donors (Lipinski definition) is 1. The Balaban J connectivity index is 1.82. The first-order valence-corrected chi connectivity index (χ1v) is 8.43. The minimum atomic E-state index is -0.00398. The van der Waals surface area contributed by atoms with E-state index < -0.39 is 0 Å². The van der Waals surface area contributed by atoms with Crippen molar-refractivity contribution in [2.24, 2.45) is 0 Å². The monoisotopic (exact) mass is 349 g/mol. The average Bonchev–Trinajstić information content (AvgIpc) is 2.87. The van der Waals surface area contributed by atoms with Crippen molar-refractivity contribution in [3.8, 4) is 0 Å². The van der Waals surface area contributed by atoms with Gasteiger partial charge in [-0.05, 0) is 77.9 Å². The van der Waals surface area contributed by atoms with Gasteiger partial charge in [-0.1, -0.05) is 6.07 Å². The summed E-state index contributed by atoms with van der Waals surface area (Å²) in [7, 11) is 0. The average molecular weight is 350 g/mol. The maximum absolute atomic E-state index is 12.4. The molecule has 0 bridgehead atoms. The summed E-state index contributed by atoms with van der Waals surface area (Å²) in [6.07, 6.45) is 4.74. The lowest BCUT2D eigenvalue weighted by molar-refractivity contribution is 0.103. The van der Waals surface area contributed by atoms with E-state index in [2.05, 4.69) is 27.3 Å². The van der Waals surface area contributed by atoms with Gasteiger partial charge in [-0.15, -0.1) is 11.3 Å². The van der Waals surface area contributed by atoms with Crippen molar-refractivity contribution in [1.29, 1.82) is 0 Å². The number of thiophene rings is 1. The van der Waals surface area contributed by atoms with Gasteiger partial charge in [0.25, 0.3) is 5.91 Å². The number of benzene rings is 1. The van der Waals surface area contributed by atoms with Crippen molar-refractivity contribution in [3.63, 3.8) is 0 Å². The molecule has 4 heteroatoms. The van der Waals surface area contributed by atoms with E-state index in [0.29, 0.717) is 0 Å². The van der Waals surface area contributed by atoms with Gasteiger partial charge in [0.2, 0.25) is 0 Å². The normalized spacial score (nSPS) is 13.9. The molecule has 1 aromatic heterocycles. The number of aryl methyl sites for hydroxylation is 3. The second-order valence-corrected chi connectivity index (χ2v) is 7.19. The summed E-state index contributed by atoms with van der Waals surface area (Å²) >= 11 is 5.12. The lowest BCUT2D eigenvalue weighted by Gasteiger charge is -2.08. The van der Waals surface area contributed by atoms with Gasteiger partial charge < -0.3 is 5.32 Å². The van der Waals surface area contributed by atoms with E-state index in [4.69, 9.17) is 0 Å². The van der Waals surface area contributed by atoms with Crippen molar-refractivity contribution < 1.29 is 4.79 Å². The fourth-order valence-electron chi connectivity index (χ4n) is 2.52. The quantitative estimate of drug-likeness (QED) is 0.816. The van der Waals surface area contributed by atoms with E-state index in [1.54, 1.807) is 11.3 Å². The van der Waals surface area contributed by atoms with E-state index in [0.717, 1.165) is 33.4 Å². The van der Waals surface area contributed by atoms with E-state index in [1.807, 2.05) is 25.1 Å². The molecule has 0 fully saturated rings. The van der Waals surface area contributed by atoms with Crippen LogP contribution in [0, 0.1) is 6.92 Å².